The molecular formula is C27H36N2O4. The van der Waals surface area contributed by atoms with E-state index in [0.717, 1.165) is 35.6 Å². The predicted molar refractivity (Wildman–Crippen MR) is 129 cm³/mol. The molecule has 4 rings (SSSR count). The number of carbonyl (C=O) groups excluding carboxylic acids is 2. The summed E-state index contributed by atoms with van der Waals surface area (Å²) in [5.41, 5.74) is -0.746. The van der Waals surface area contributed by atoms with Gasteiger partial charge in [0.2, 0.25) is 5.91 Å². The second-order valence-corrected chi connectivity index (χ2v) is 10.6. The Labute approximate surface area is 196 Å². The number of benzene rings is 2. The van der Waals surface area contributed by atoms with Crippen LogP contribution in [0.3, 0.4) is 0 Å². The summed E-state index contributed by atoms with van der Waals surface area (Å²) in [6.07, 6.45) is 4.42. The molecule has 2 fully saturated rings. The highest BCUT2D eigenvalue weighted by molar-refractivity contribution is 5.89. The summed E-state index contributed by atoms with van der Waals surface area (Å²) >= 11 is 0. The average molecular weight is 453 g/mol. The Bertz CT molecular complexity index is 1010. The van der Waals surface area contributed by atoms with Gasteiger partial charge in [0.05, 0.1) is 17.6 Å². The normalized spacial score (nSPS) is 21.6. The summed E-state index contributed by atoms with van der Waals surface area (Å²) in [5, 5.41) is 16.8. The van der Waals surface area contributed by atoms with Crippen molar-refractivity contribution >= 4 is 22.8 Å². The number of aliphatic hydroxyl groups is 1. The van der Waals surface area contributed by atoms with Gasteiger partial charge >= 0.3 is 6.09 Å². The van der Waals surface area contributed by atoms with Gasteiger partial charge in [0, 0.05) is 13.1 Å². The molecule has 1 heterocycles. The van der Waals surface area contributed by atoms with Crippen LogP contribution in [0.2, 0.25) is 0 Å². The Morgan fingerprint density at radius 3 is 2.48 bits per heavy atom. The molecule has 33 heavy (non-hydrogen) atoms. The van der Waals surface area contributed by atoms with Gasteiger partial charge in [0.1, 0.15) is 5.60 Å². The van der Waals surface area contributed by atoms with Crippen molar-refractivity contribution in [3.05, 3.63) is 48.0 Å². The molecule has 1 unspecified atom stereocenters. The van der Waals surface area contributed by atoms with E-state index in [4.69, 9.17) is 4.74 Å². The van der Waals surface area contributed by atoms with Crippen LogP contribution < -0.4 is 5.32 Å². The fourth-order valence-electron chi connectivity index (χ4n) is 5.26. The van der Waals surface area contributed by atoms with E-state index in [2.05, 4.69) is 17.4 Å². The molecule has 1 saturated carbocycles. The van der Waals surface area contributed by atoms with Crippen LogP contribution in [0.1, 0.15) is 70.8 Å². The van der Waals surface area contributed by atoms with Crippen molar-refractivity contribution in [2.24, 2.45) is 0 Å². The fraction of sp³-hybridized carbons (Fsp3) is 0.556. The predicted octanol–water partition coefficient (Wildman–Crippen LogP) is 4.74. The molecular weight excluding hydrogens is 416 g/mol. The number of amides is 2. The van der Waals surface area contributed by atoms with Crippen molar-refractivity contribution in [2.45, 2.75) is 82.5 Å². The van der Waals surface area contributed by atoms with Crippen molar-refractivity contribution in [3.8, 4) is 0 Å². The van der Waals surface area contributed by atoms with Crippen LogP contribution in [-0.2, 0) is 9.53 Å². The number of alkyl carbamates (subject to hydrolysis) is 1. The number of fused-ring (bicyclic) bond motifs is 1. The van der Waals surface area contributed by atoms with E-state index >= 15 is 0 Å². The van der Waals surface area contributed by atoms with E-state index in [1.165, 1.54) is 0 Å². The molecule has 6 nitrogen and oxygen atoms in total. The van der Waals surface area contributed by atoms with Crippen molar-refractivity contribution in [1.29, 1.82) is 0 Å². The highest BCUT2D eigenvalue weighted by Gasteiger charge is 2.46. The number of nitrogens with one attached hydrogen (secondary N) is 1. The number of ether oxygens (including phenoxy) is 1. The first-order chi connectivity index (χ1) is 15.6. The van der Waals surface area contributed by atoms with E-state index < -0.39 is 23.2 Å². The van der Waals surface area contributed by atoms with Gasteiger partial charge in [-0.2, -0.15) is 0 Å². The zero-order valence-electron chi connectivity index (χ0n) is 20.0. The Kier molecular flexibility index (Phi) is 6.66. The lowest BCUT2D eigenvalue weighted by Gasteiger charge is -2.40. The Morgan fingerprint density at radius 1 is 1.09 bits per heavy atom. The topological polar surface area (TPSA) is 78.9 Å². The maximum atomic E-state index is 13.9. The molecule has 1 saturated heterocycles. The number of hydrogen-bond donors (Lipinski definition) is 2. The molecule has 0 bridgehead atoms. The van der Waals surface area contributed by atoms with Crippen LogP contribution in [0.25, 0.3) is 10.8 Å². The molecule has 0 radical (unpaired) electrons. The molecule has 2 aromatic rings. The number of likely N-dealkylation sites (tertiary alicyclic amines) is 1. The van der Waals surface area contributed by atoms with Crippen molar-refractivity contribution in [3.63, 3.8) is 0 Å². The highest BCUT2D eigenvalue weighted by Crippen LogP contribution is 2.42. The lowest BCUT2D eigenvalue weighted by atomic mass is 9.72. The molecule has 178 valence electrons. The van der Waals surface area contributed by atoms with Crippen LogP contribution in [0.4, 0.5) is 4.79 Å². The molecule has 2 aliphatic rings. The van der Waals surface area contributed by atoms with Crippen molar-refractivity contribution < 1.29 is 19.4 Å². The zero-order valence-corrected chi connectivity index (χ0v) is 20.0. The van der Waals surface area contributed by atoms with Crippen LogP contribution in [0.15, 0.2) is 42.5 Å². The lowest BCUT2D eigenvalue weighted by molar-refractivity contribution is -0.140. The van der Waals surface area contributed by atoms with Gasteiger partial charge in [-0.1, -0.05) is 61.7 Å². The number of rotatable bonds is 4. The molecule has 2 amide bonds. The van der Waals surface area contributed by atoms with E-state index in [9.17, 15) is 14.7 Å². The van der Waals surface area contributed by atoms with Gasteiger partial charge in [-0.25, -0.2) is 4.79 Å². The summed E-state index contributed by atoms with van der Waals surface area (Å²) in [4.78, 5) is 27.9. The van der Waals surface area contributed by atoms with Crippen molar-refractivity contribution in [2.75, 3.05) is 13.1 Å². The van der Waals surface area contributed by atoms with E-state index in [1.54, 1.807) is 4.90 Å². The third-order valence-electron chi connectivity index (χ3n) is 6.83. The molecule has 2 aromatic carbocycles. The second-order valence-electron chi connectivity index (χ2n) is 10.6. The minimum atomic E-state index is -1.05. The number of hydrogen-bond acceptors (Lipinski definition) is 4. The third kappa shape index (κ3) is 5.49. The van der Waals surface area contributed by atoms with Gasteiger partial charge in [0.25, 0.3) is 0 Å². The van der Waals surface area contributed by atoms with E-state index in [1.807, 2.05) is 51.1 Å². The van der Waals surface area contributed by atoms with Gasteiger partial charge in [-0.3, -0.25) is 4.79 Å². The smallest absolute Gasteiger partial charge is 0.407 e. The molecule has 1 aliphatic heterocycles. The molecule has 1 aliphatic carbocycles. The molecule has 2 atom stereocenters. The fourth-order valence-corrected chi connectivity index (χ4v) is 5.26. The third-order valence-corrected chi connectivity index (χ3v) is 6.83. The van der Waals surface area contributed by atoms with Crippen LogP contribution >= 0.6 is 0 Å². The summed E-state index contributed by atoms with van der Waals surface area (Å²) in [7, 11) is 0. The molecule has 6 heteroatoms. The molecule has 2 N–H and O–H groups in total. The SMILES string of the molecule is CC(C)(C)OC(=O)N[C@H]1CCN(C(=O)C(c2ccc3ccccc3c2)C2(O)CCCCC2)C1. The Hall–Kier alpha value is -2.60. The average Bonchev–Trinajstić information content (AvgIpc) is 3.21. The lowest BCUT2D eigenvalue weighted by Crippen LogP contribution is -2.48. The number of carbonyl (C=O) groups is 2. The van der Waals surface area contributed by atoms with Gasteiger partial charge in [-0.15, -0.1) is 0 Å². The van der Waals surface area contributed by atoms with Crippen molar-refractivity contribution in [1.82, 2.24) is 10.2 Å². The van der Waals surface area contributed by atoms with E-state index in [-0.39, 0.29) is 11.9 Å². The first-order valence-corrected chi connectivity index (χ1v) is 12.1. The minimum Gasteiger partial charge on any atom is -0.444 e. The standard InChI is InChI=1S/C27H36N2O4/c1-26(2,3)33-25(31)28-22-13-16-29(18-22)24(30)23(27(32)14-7-4-8-15-27)21-12-11-19-9-5-6-10-20(19)17-21/h5-6,9-12,17,22-23,32H,4,7-8,13-16,18H2,1-3H3,(H,28,31)/t22-,23?/m0/s1. The van der Waals surface area contributed by atoms with Gasteiger partial charge < -0.3 is 20.1 Å². The monoisotopic (exact) mass is 452 g/mol. The summed E-state index contributed by atoms with van der Waals surface area (Å²) in [6.45, 7) is 6.47. The van der Waals surface area contributed by atoms with E-state index in [0.29, 0.717) is 32.4 Å². The van der Waals surface area contributed by atoms with Gasteiger partial charge in [0.15, 0.2) is 0 Å². The summed E-state index contributed by atoms with van der Waals surface area (Å²) < 4.78 is 5.37. The molecule has 0 spiro atoms. The Balaban J connectivity index is 1.56. The first-order valence-electron chi connectivity index (χ1n) is 12.1. The second kappa shape index (κ2) is 9.34. The zero-order chi connectivity index (χ0) is 23.6. The van der Waals surface area contributed by atoms with Crippen LogP contribution in [0.5, 0.6) is 0 Å². The molecule has 0 aromatic heterocycles. The van der Waals surface area contributed by atoms with Gasteiger partial charge in [-0.05, 0) is 56.4 Å². The maximum Gasteiger partial charge on any atom is 0.407 e. The first kappa shape index (κ1) is 23.6. The maximum absolute atomic E-state index is 13.9. The summed E-state index contributed by atoms with van der Waals surface area (Å²) in [5.74, 6) is -0.661. The summed E-state index contributed by atoms with van der Waals surface area (Å²) in [6, 6.07) is 14.0. The Morgan fingerprint density at radius 2 is 1.79 bits per heavy atom. The quantitative estimate of drug-likeness (QED) is 0.702. The van der Waals surface area contributed by atoms with Crippen LogP contribution in [0, 0.1) is 0 Å². The van der Waals surface area contributed by atoms with Crippen LogP contribution in [-0.4, -0.2) is 52.3 Å². The largest absolute Gasteiger partial charge is 0.444 e. The minimum absolute atomic E-state index is 0.0526. The highest BCUT2D eigenvalue weighted by atomic mass is 16.6. The number of nitrogens with zero attached hydrogens (tertiary/aromatic N) is 1.